The quantitative estimate of drug-likeness (QED) is 0.636. The van der Waals surface area contributed by atoms with Crippen LogP contribution in [0.4, 0.5) is 0 Å². The van der Waals surface area contributed by atoms with Crippen molar-refractivity contribution in [2.75, 3.05) is 12.8 Å². The van der Waals surface area contributed by atoms with Crippen LogP contribution < -0.4 is 10.0 Å². The third-order valence-electron chi connectivity index (χ3n) is 4.51. The van der Waals surface area contributed by atoms with Crippen LogP contribution in [0, 0.1) is 0 Å². The lowest BCUT2D eigenvalue weighted by atomic mass is 10.0. The van der Waals surface area contributed by atoms with Gasteiger partial charge in [-0.3, -0.25) is 4.79 Å². The summed E-state index contributed by atoms with van der Waals surface area (Å²) < 4.78 is 52.1. The van der Waals surface area contributed by atoms with E-state index in [-0.39, 0.29) is 24.2 Å². The van der Waals surface area contributed by atoms with Crippen molar-refractivity contribution in [2.24, 2.45) is 0 Å². The highest BCUT2D eigenvalue weighted by Gasteiger charge is 2.34. The maximum atomic E-state index is 12.6. The maximum absolute atomic E-state index is 12.6. The molecule has 0 unspecified atom stereocenters. The van der Waals surface area contributed by atoms with Crippen LogP contribution in [0.1, 0.15) is 44.2 Å². The van der Waals surface area contributed by atoms with Crippen LogP contribution in [-0.4, -0.2) is 51.9 Å². The number of carbonyl (C=O) groups excluding carboxylic acids is 1. The average Bonchev–Trinajstić information content (AvgIpc) is 2.58. The number of hydrogen-bond acceptors (Lipinski definition) is 5. The first-order chi connectivity index (χ1) is 13.0. The van der Waals surface area contributed by atoms with E-state index in [1.54, 1.807) is 38.1 Å². The zero-order valence-electron chi connectivity index (χ0n) is 16.5. The van der Waals surface area contributed by atoms with Crippen LogP contribution in [0.3, 0.4) is 0 Å². The number of nitrogens with zero attached hydrogens (tertiary/aromatic N) is 1. The molecular weight excluding hydrogens is 402 g/mol. The molecule has 158 valence electrons. The van der Waals surface area contributed by atoms with E-state index < -0.39 is 26.1 Å². The second-order valence-corrected chi connectivity index (χ2v) is 11.1. The fraction of sp³-hybridized carbons (Fsp3) is 0.611. The fourth-order valence-electron chi connectivity index (χ4n) is 3.34. The van der Waals surface area contributed by atoms with Crippen LogP contribution in [0.2, 0.25) is 0 Å². The van der Waals surface area contributed by atoms with Crippen molar-refractivity contribution in [1.29, 1.82) is 0 Å². The Morgan fingerprint density at radius 3 is 2.39 bits per heavy atom. The summed E-state index contributed by atoms with van der Waals surface area (Å²) in [6, 6.07) is 6.07. The van der Waals surface area contributed by atoms with Crippen LogP contribution in [0.5, 0.6) is 0 Å². The van der Waals surface area contributed by atoms with Crippen molar-refractivity contribution in [3.8, 4) is 0 Å². The predicted octanol–water partition coefficient (Wildman–Crippen LogP) is 0.945. The third-order valence-corrected chi connectivity index (χ3v) is 7.33. The summed E-state index contributed by atoms with van der Waals surface area (Å²) in [5.74, 6) is -0.543. The summed E-state index contributed by atoms with van der Waals surface area (Å²) in [7, 11) is -6.96. The van der Waals surface area contributed by atoms with Crippen LogP contribution in [0.15, 0.2) is 24.3 Å². The summed E-state index contributed by atoms with van der Waals surface area (Å²) in [4.78, 5) is 12.6. The molecule has 28 heavy (non-hydrogen) atoms. The minimum atomic E-state index is -3.49. The number of amides is 1. The second kappa shape index (κ2) is 9.34. The number of rotatable bonds is 8. The van der Waals surface area contributed by atoms with Crippen molar-refractivity contribution >= 4 is 26.0 Å². The predicted molar refractivity (Wildman–Crippen MR) is 108 cm³/mol. The molecule has 0 bridgehead atoms. The molecule has 1 aromatic rings. The van der Waals surface area contributed by atoms with Crippen molar-refractivity contribution in [3.05, 3.63) is 35.4 Å². The lowest BCUT2D eigenvalue weighted by Crippen LogP contribution is -2.51. The van der Waals surface area contributed by atoms with Gasteiger partial charge in [-0.05, 0) is 37.8 Å². The Bertz CT molecular complexity index is 898. The largest absolute Gasteiger partial charge is 0.351 e. The molecule has 1 heterocycles. The van der Waals surface area contributed by atoms with E-state index in [2.05, 4.69) is 10.0 Å². The molecule has 10 heteroatoms. The van der Waals surface area contributed by atoms with Gasteiger partial charge in [0.2, 0.25) is 26.0 Å². The molecule has 0 saturated carbocycles. The molecule has 1 aliphatic rings. The number of carbonyl (C=O) groups is 1. The molecule has 8 nitrogen and oxygen atoms in total. The molecule has 1 aliphatic heterocycles. The highest BCUT2D eigenvalue weighted by molar-refractivity contribution is 7.88. The lowest BCUT2D eigenvalue weighted by Gasteiger charge is -2.32. The van der Waals surface area contributed by atoms with Gasteiger partial charge in [-0.1, -0.05) is 30.7 Å². The summed E-state index contributed by atoms with van der Waals surface area (Å²) in [6.45, 7) is 3.98. The molecule has 2 rings (SSSR count). The Labute approximate surface area is 167 Å². The van der Waals surface area contributed by atoms with Gasteiger partial charge in [0.25, 0.3) is 0 Å². The van der Waals surface area contributed by atoms with Gasteiger partial charge >= 0.3 is 0 Å². The molecule has 0 radical (unpaired) electrons. The number of nitrogens with one attached hydrogen (secondary N) is 2. The van der Waals surface area contributed by atoms with Crippen molar-refractivity contribution < 1.29 is 21.6 Å². The zero-order chi connectivity index (χ0) is 20.9. The molecule has 1 saturated heterocycles. The zero-order valence-corrected chi connectivity index (χ0v) is 18.1. The van der Waals surface area contributed by atoms with Crippen LogP contribution in [-0.2, 0) is 37.1 Å². The summed E-state index contributed by atoms with van der Waals surface area (Å²) in [6.07, 6.45) is 3.12. The Balaban J connectivity index is 2.09. The number of hydrogen-bond donors (Lipinski definition) is 2. The first-order valence-corrected chi connectivity index (χ1v) is 12.8. The van der Waals surface area contributed by atoms with Gasteiger partial charge in [0.15, 0.2) is 0 Å². The van der Waals surface area contributed by atoms with E-state index in [0.717, 1.165) is 19.1 Å². The second-order valence-electron chi connectivity index (χ2n) is 7.40. The molecule has 1 atom stereocenters. The van der Waals surface area contributed by atoms with Gasteiger partial charge in [-0.2, -0.15) is 4.31 Å². The monoisotopic (exact) mass is 431 g/mol. The highest BCUT2D eigenvalue weighted by Crippen LogP contribution is 2.20. The normalized spacial score (nSPS) is 18.9. The summed E-state index contributed by atoms with van der Waals surface area (Å²) >= 11 is 0. The Hall–Kier alpha value is -1.49. The standard InChI is InChI=1S/C18H29N3O5S2/c1-14(2)20-28(25,26)13-16-9-5-4-8-15(16)12-19-18(22)17-10-6-7-11-21(17)27(3,23)24/h4-5,8-9,14,17,20H,6-7,10-13H2,1-3H3,(H,19,22)/t17-/m1/s1. The Kier molecular flexibility index (Phi) is 7.60. The molecule has 0 aliphatic carbocycles. The molecule has 1 aromatic carbocycles. The minimum Gasteiger partial charge on any atom is -0.351 e. The average molecular weight is 432 g/mol. The molecule has 0 spiro atoms. The van der Waals surface area contributed by atoms with Crippen molar-refractivity contribution in [1.82, 2.24) is 14.3 Å². The number of piperidine rings is 1. The van der Waals surface area contributed by atoms with E-state index in [9.17, 15) is 21.6 Å². The topological polar surface area (TPSA) is 113 Å². The molecule has 1 amide bonds. The van der Waals surface area contributed by atoms with E-state index in [1.165, 1.54) is 4.31 Å². The molecule has 2 N–H and O–H groups in total. The van der Waals surface area contributed by atoms with Crippen LogP contribution >= 0.6 is 0 Å². The van der Waals surface area contributed by atoms with E-state index in [1.807, 2.05) is 0 Å². The van der Waals surface area contributed by atoms with E-state index in [4.69, 9.17) is 0 Å². The van der Waals surface area contributed by atoms with Gasteiger partial charge in [-0.15, -0.1) is 0 Å². The summed E-state index contributed by atoms with van der Waals surface area (Å²) in [5.41, 5.74) is 1.28. The fourth-order valence-corrected chi connectivity index (χ4v) is 5.96. The third kappa shape index (κ3) is 6.54. The SMILES string of the molecule is CC(C)NS(=O)(=O)Cc1ccccc1CNC(=O)[C@H]1CCCCN1S(C)(=O)=O. The van der Waals surface area contributed by atoms with Gasteiger partial charge in [-0.25, -0.2) is 21.6 Å². The first-order valence-electron chi connectivity index (χ1n) is 9.31. The van der Waals surface area contributed by atoms with Gasteiger partial charge in [0.05, 0.1) is 12.0 Å². The van der Waals surface area contributed by atoms with Crippen molar-refractivity contribution in [2.45, 2.75) is 57.5 Å². The number of sulfonamides is 2. The molecular formula is C18H29N3O5S2. The lowest BCUT2D eigenvalue weighted by molar-refractivity contribution is -0.125. The Morgan fingerprint density at radius 2 is 1.79 bits per heavy atom. The molecule has 1 fully saturated rings. The van der Waals surface area contributed by atoms with Gasteiger partial charge in [0.1, 0.15) is 6.04 Å². The number of benzene rings is 1. The summed E-state index contributed by atoms with van der Waals surface area (Å²) in [5, 5.41) is 2.78. The first kappa shape index (κ1) is 22.8. The van der Waals surface area contributed by atoms with Crippen LogP contribution in [0.25, 0.3) is 0 Å². The van der Waals surface area contributed by atoms with Crippen molar-refractivity contribution in [3.63, 3.8) is 0 Å². The smallest absolute Gasteiger partial charge is 0.238 e. The van der Waals surface area contributed by atoms with E-state index >= 15 is 0 Å². The highest BCUT2D eigenvalue weighted by atomic mass is 32.2. The molecule has 0 aromatic heterocycles. The van der Waals surface area contributed by atoms with Gasteiger partial charge in [0, 0.05) is 19.1 Å². The van der Waals surface area contributed by atoms with Gasteiger partial charge < -0.3 is 5.32 Å². The van der Waals surface area contributed by atoms with E-state index in [0.29, 0.717) is 24.1 Å². The minimum absolute atomic E-state index is 0.139. The Morgan fingerprint density at radius 1 is 1.14 bits per heavy atom. The maximum Gasteiger partial charge on any atom is 0.238 e.